The fourth-order valence-electron chi connectivity index (χ4n) is 1.99. The first-order valence-corrected chi connectivity index (χ1v) is 8.00. The molecule has 0 radical (unpaired) electrons. The quantitative estimate of drug-likeness (QED) is 0.451. The number of carboxylic acid groups (broad SMARTS) is 1. The fraction of sp³-hybridized carbons (Fsp3) is 0.800. The molecule has 2 atom stereocenters. The fourth-order valence-corrected chi connectivity index (χ4v) is 3.46. The van der Waals surface area contributed by atoms with Crippen molar-refractivity contribution in [1.82, 2.24) is 9.99 Å². The van der Waals surface area contributed by atoms with Crippen LogP contribution in [-0.4, -0.2) is 58.6 Å². The van der Waals surface area contributed by atoms with Gasteiger partial charge in [-0.3, -0.25) is 14.2 Å². The molecule has 0 aromatic carbocycles. The van der Waals surface area contributed by atoms with Gasteiger partial charge in [-0.1, -0.05) is 0 Å². The maximum Gasteiger partial charge on any atom is 0.323 e. The van der Waals surface area contributed by atoms with Crippen LogP contribution in [0, 0.1) is 0 Å². The number of nitrogens with one attached hydrogen (secondary N) is 1. The van der Waals surface area contributed by atoms with Crippen molar-refractivity contribution < 1.29 is 24.2 Å². The van der Waals surface area contributed by atoms with Gasteiger partial charge >= 0.3 is 5.97 Å². The molecule has 0 spiro atoms. The van der Waals surface area contributed by atoms with E-state index in [2.05, 4.69) is 5.09 Å². The van der Waals surface area contributed by atoms with Crippen LogP contribution in [0.25, 0.3) is 0 Å². The smallest absolute Gasteiger partial charge is 0.323 e. The maximum atomic E-state index is 12.0. The largest absolute Gasteiger partial charge is 0.480 e. The molecule has 1 rings (SSSR count). The molecule has 1 fully saturated rings. The molecular formula is C10H20N3O5P. The van der Waals surface area contributed by atoms with Gasteiger partial charge in [-0.05, 0) is 25.8 Å². The van der Waals surface area contributed by atoms with Crippen molar-refractivity contribution in [3.05, 3.63) is 0 Å². The highest BCUT2D eigenvalue weighted by molar-refractivity contribution is 7.55. The van der Waals surface area contributed by atoms with Crippen molar-refractivity contribution in [2.75, 3.05) is 25.8 Å². The molecule has 1 amide bonds. The summed E-state index contributed by atoms with van der Waals surface area (Å²) in [6, 6.07) is -0.790. The molecule has 1 unspecified atom stereocenters. The number of hydrogen-bond acceptors (Lipinski definition) is 4. The Bertz CT molecular complexity index is 389. The van der Waals surface area contributed by atoms with E-state index in [0.717, 1.165) is 0 Å². The second kappa shape index (κ2) is 7.00. The number of carbonyl (C=O) groups excluding carboxylic acids is 1. The normalized spacial score (nSPS) is 23.2. The van der Waals surface area contributed by atoms with E-state index in [4.69, 9.17) is 10.8 Å². The molecule has 19 heavy (non-hydrogen) atoms. The highest BCUT2D eigenvalue weighted by atomic mass is 31.2. The number of nitrogens with two attached hydrogens (primary N) is 1. The first-order chi connectivity index (χ1) is 8.85. The zero-order chi connectivity index (χ0) is 14.5. The second-order valence-corrected chi connectivity index (χ2v) is 6.65. The number of hydrogen-bond donors (Lipinski definition) is 4. The predicted octanol–water partition coefficient (Wildman–Crippen LogP) is -0.814. The van der Waals surface area contributed by atoms with Crippen molar-refractivity contribution in [2.24, 2.45) is 5.73 Å². The van der Waals surface area contributed by atoms with Gasteiger partial charge < -0.3 is 20.6 Å². The molecule has 110 valence electrons. The summed E-state index contributed by atoms with van der Waals surface area (Å²) < 4.78 is 11.8. The molecule has 1 aliphatic rings. The first-order valence-electron chi connectivity index (χ1n) is 6.16. The van der Waals surface area contributed by atoms with Crippen LogP contribution in [0.15, 0.2) is 0 Å². The van der Waals surface area contributed by atoms with Crippen molar-refractivity contribution in [2.45, 2.75) is 25.3 Å². The lowest BCUT2D eigenvalue weighted by Crippen LogP contribution is -2.51. The van der Waals surface area contributed by atoms with Crippen LogP contribution in [0.2, 0.25) is 0 Å². The summed E-state index contributed by atoms with van der Waals surface area (Å²) in [5.41, 5.74) is 5.27. The van der Waals surface area contributed by atoms with E-state index in [1.54, 1.807) is 0 Å². The summed E-state index contributed by atoms with van der Waals surface area (Å²) in [5, 5.41) is 11.1. The van der Waals surface area contributed by atoms with E-state index in [1.807, 2.05) is 0 Å². The summed E-state index contributed by atoms with van der Waals surface area (Å²) in [5.74, 6) is -1.53. The van der Waals surface area contributed by atoms with Crippen molar-refractivity contribution in [1.29, 1.82) is 0 Å². The minimum atomic E-state index is -3.60. The number of nitrogens with zero attached hydrogens (tertiary/aromatic N) is 1. The predicted molar refractivity (Wildman–Crippen MR) is 68.7 cm³/mol. The summed E-state index contributed by atoms with van der Waals surface area (Å²) in [6.07, 6.45) is 1.43. The minimum absolute atomic E-state index is 0.00616. The molecule has 9 heteroatoms. The van der Waals surface area contributed by atoms with Crippen molar-refractivity contribution in [3.8, 4) is 0 Å². The molecule has 1 saturated heterocycles. The van der Waals surface area contributed by atoms with Gasteiger partial charge in [0.15, 0.2) is 0 Å². The van der Waals surface area contributed by atoms with E-state index in [1.165, 1.54) is 4.90 Å². The highest BCUT2D eigenvalue weighted by Crippen LogP contribution is 2.37. The number of carboxylic acids is 1. The highest BCUT2D eigenvalue weighted by Gasteiger charge is 2.33. The number of piperidine rings is 1. The number of likely N-dealkylation sites (tertiary alicyclic amines) is 1. The third-order valence-corrected chi connectivity index (χ3v) is 4.52. The Morgan fingerprint density at radius 1 is 1.58 bits per heavy atom. The molecule has 0 aliphatic carbocycles. The monoisotopic (exact) mass is 293 g/mol. The van der Waals surface area contributed by atoms with Gasteiger partial charge in [0.2, 0.25) is 5.91 Å². The lowest BCUT2D eigenvalue weighted by Gasteiger charge is -2.32. The van der Waals surface area contributed by atoms with Gasteiger partial charge in [-0.15, -0.1) is 0 Å². The summed E-state index contributed by atoms with van der Waals surface area (Å²) in [7, 11) is -3.60. The van der Waals surface area contributed by atoms with Crippen LogP contribution in [0.4, 0.5) is 0 Å². The third-order valence-electron chi connectivity index (χ3n) is 2.88. The van der Waals surface area contributed by atoms with E-state index in [0.29, 0.717) is 32.4 Å². The molecule has 5 N–H and O–H groups in total. The number of aliphatic carboxylic acids is 1. The van der Waals surface area contributed by atoms with E-state index < -0.39 is 25.4 Å². The summed E-state index contributed by atoms with van der Waals surface area (Å²) in [6.45, 7) is 0.285. The standard InChI is InChI=1S/C10H20N3O5P/c11-4-2-6-19(17,18)12-8-3-1-5-13(10(8)16)7-9(14)15/h8H,1-7,11H2,(H,14,15)(H2,12,17,18)/t8-/m0/s1. The van der Waals surface area contributed by atoms with Gasteiger partial charge in [0, 0.05) is 12.7 Å². The Morgan fingerprint density at radius 2 is 2.26 bits per heavy atom. The van der Waals surface area contributed by atoms with E-state index >= 15 is 0 Å². The van der Waals surface area contributed by atoms with Gasteiger partial charge in [0.05, 0.1) is 6.04 Å². The van der Waals surface area contributed by atoms with Gasteiger partial charge in [0.25, 0.3) is 7.52 Å². The van der Waals surface area contributed by atoms with E-state index in [-0.39, 0.29) is 12.7 Å². The van der Waals surface area contributed by atoms with Crippen LogP contribution in [0.5, 0.6) is 0 Å². The van der Waals surface area contributed by atoms with Gasteiger partial charge in [0.1, 0.15) is 6.54 Å². The van der Waals surface area contributed by atoms with Crippen LogP contribution in [0.3, 0.4) is 0 Å². The summed E-state index contributed by atoms with van der Waals surface area (Å²) in [4.78, 5) is 33.4. The van der Waals surface area contributed by atoms with Crippen LogP contribution in [0.1, 0.15) is 19.3 Å². The summed E-state index contributed by atoms with van der Waals surface area (Å²) >= 11 is 0. The van der Waals surface area contributed by atoms with Crippen LogP contribution in [-0.2, 0) is 14.2 Å². The lowest BCUT2D eigenvalue weighted by atomic mass is 10.1. The Labute approximate surface area is 111 Å². The molecule has 1 aliphatic heterocycles. The molecule has 0 aromatic heterocycles. The SMILES string of the molecule is NCCCP(=O)(O)N[C@H]1CCCN(CC(=O)O)C1=O. The third kappa shape index (κ3) is 5.28. The molecule has 1 heterocycles. The number of carbonyl (C=O) groups is 2. The zero-order valence-electron chi connectivity index (χ0n) is 10.6. The topological polar surface area (TPSA) is 133 Å². The average Bonchev–Trinajstić information content (AvgIpc) is 2.31. The minimum Gasteiger partial charge on any atom is -0.480 e. The van der Waals surface area contributed by atoms with Gasteiger partial charge in [-0.2, -0.15) is 0 Å². The lowest BCUT2D eigenvalue weighted by molar-refractivity contribution is -0.146. The Kier molecular flexibility index (Phi) is 5.93. The number of amides is 1. The first kappa shape index (κ1) is 16.1. The number of rotatable bonds is 7. The Morgan fingerprint density at radius 3 is 2.84 bits per heavy atom. The maximum absolute atomic E-state index is 12.0. The Balaban J connectivity index is 2.60. The van der Waals surface area contributed by atoms with Crippen LogP contribution >= 0.6 is 7.52 Å². The van der Waals surface area contributed by atoms with Crippen molar-refractivity contribution >= 4 is 19.4 Å². The second-order valence-electron chi connectivity index (χ2n) is 4.54. The van der Waals surface area contributed by atoms with Gasteiger partial charge in [-0.25, -0.2) is 5.09 Å². The molecule has 0 saturated carbocycles. The van der Waals surface area contributed by atoms with E-state index in [9.17, 15) is 19.0 Å². The van der Waals surface area contributed by atoms with Crippen LogP contribution < -0.4 is 10.8 Å². The average molecular weight is 293 g/mol. The molecule has 8 nitrogen and oxygen atoms in total. The van der Waals surface area contributed by atoms with Crippen molar-refractivity contribution in [3.63, 3.8) is 0 Å². The molecule has 0 aromatic rings. The Hall–Kier alpha value is -0.950. The zero-order valence-corrected chi connectivity index (χ0v) is 11.5. The molecule has 0 bridgehead atoms. The molecular weight excluding hydrogens is 273 g/mol.